The third-order valence-electron chi connectivity index (χ3n) is 3.94. The summed E-state index contributed by atoms with van der Waals surface area (Å²) in [5.74, 6) is 0.496. The zero-order valence-electron chi connectivity index (χ0n) is 11.2. The Hall–Kier alpha value is -1.59. The first-order valence-electron chi connectivity index (χ1n) is 6.84. The topological polar surface area (TPSA) is 72.2 Å². The van der Waals surface area contributed by atoms with Crippen molar-refractivity contribution >= 4 is 26.5 Å². The van der Waals surface area contributed by atoms with E-state index in [1.807, 2.05) is 6.07 Å². The van der Waals surface area contributed by atoms with Gasteiger partial charge < -0.3 is 5.73 Å². The maximum atomic E-state index is 12.4. The van der Waals surface area contributed by atoms with Crippen LogP contribution in [0.2, 0.25) is 0 Å². The number of nitrogen functional groups attached to an aromatic ring is 1. The third kappa shape index (κ3) is 2.51. The number of anilines is 1. The van der Waals surface area contributed by atoms with E-state index in [1.54, 1.807) is 30.3 Å². The summed E-state index contributed by atoms with van der Waals surface area (Å²) in [6.07, 6.45) is 3.45. The molecule has 2 aromatic rings. The van der Waals surface area contributed by atoms with Crippen LogP contribution in [0.5, 0.6) is 0 Å². The normalized spacial score (nSPS) is 16.2. The highest BCUT2D eigenvalue weighted by molar-refractivity contribution is 7.89. The molecule has 0 unspecified atom stereocenters. The van der Waals surface area contributed by atoms with Gasteiger partial charge in [-0.15, -0.1) is 0 Å². The van der Waals surface area contributed by atoms with E-state index in [9.17, 15) is 8.42 Å². The molecule has 0 bridgehead atoms. The van der Waals surface area contributed by atoms with Crippen LogP contribution in [0.15, 0.2) is 41.3 Å². The summed E-state index contributed by atoms with van der Waals surface area (Å²) in [5.41, 5.74) is 6.38. The summed E-state index contributed by atoms with van der Waals surface area (Å²) in [6, 6.07) is 10.5. The van der Waals surface area contributed by atoms with Gasteiger partial charge in [0.2, 0.25) is 10.0 Å². The van der Waals surface area contributed by atoms with Crippen LogP contribution in [0.1, 0.15) is 19.3 Å². The van der Waals surface area contributed by atoms with Crippen LogP contribution in [-0.4, -0.2) is 15.0 Å². The summed E-state index contributed by atoms with van der Waals surface area (Å²) in [4.78, 5) is 0.328. The van der Waals surface area contributed by atoms with Gasteiger partial charge >= 0.3 is 0 Å². The Morgan fingerprint density at radius 1 is 1.20 bits per heavy atom. The second kappa shape index (κ2) is 5.07. The highest BCUT2D eigenvalue weighted by Crippen LogP contribution is 2.27. The van der Waals surface area contributed by atoms with E-state index in [4.69, 9.17) is 5.73 Å². The summed E-state index contributed by atoms with van der Waals surface area (Å²) in [5, 5.41) is 1.55. The average Bonchev–Trinajstić information content (AvgIpc) is 2.35. The van der Waals surface area contributed by atoms with Crippen molar-refractivity contribution in [2.24, 2.45) is 5.92 Å². The van der Waals surface area contributed by atoms with E-state index in [0.717, 1.165) is 18.2 Å². The standard InChI is InChI=1S/C15H18N2O2S/c16-13-7-8-14-12(9-13)5-2-6-15(14)20(18,19)17-10-11-3-1-4-11/h2,5-9,11,17H,1,3-4,10,16H2. The van der Waals surface area contributed by atoms with E-state index in [0.29, 0.717) is 28.4 Å². The third-order valence-corrected chi connectivity index (χ3v) is 5.42. The fraction of sp³-hybridized carbons (Fsp3) is 0.333. The van der Waals surface area contributed by atoms with E-state index < -0.39 is 10.0 Å². The Kier molecular flexibility index (Phi) is 3.40. The molecule has 0 heterocycles. The highest BCUT2D eigenvalue weighted by atomic mass is 32.2. The number of nitrogens with two attached hydrogens (primary N) is 1. The lowest BCUT2D eigenvalue weighted by molar-refractivity contribution is 0.316. The van der Waals surface area contributed by atoms with Crippen molar-refractivity contribution < 1.29 is 8.42 Å². The minimum Gasteiger partial charge on any atom is -0.399 e. The van der Waals surface area contributed by atoms with Crippen LogP contribution in [-0.2, 0) is 10.0 Å². The number of rotatable bonds is 4. The van der Waals surface area contributed by atoms with Crippen molar-refractivity contribution in [3.8, 4) is 0 Å². The van der Waals surface area contributed by atoms with Crippen molar-refractivity contribution in [2.75, 3.05) is 12.3 Å². The fourth-order valence-corrected chi connectivity index (χ4v) is 3.85. The maximum absolute atomic E-state index is 12.4. The minimum absolute atomic E-state index is 0.328. The predicted molar refractivity (Wildman–Crippen MR) is 80.9 cm³/mol. The molecular formula is C15H18N2O2S. The van der Waals surface area contributed by atoms with Crippen LogP contribution >= 0.6 is 0 Å². The van der Waals surface area contributed by atoms with Gasteiger partial charge in [-0.3, -0.25) is 0 Å². The number of nitrogens with one attached hydrogen (secondary N) is 1. The first kappa shape index (κ1) is 13.4. The molecule has 2 aromatic carbocycles. The first-order valence-corrected chi connectivity index (χ1v) is 8.32. The Labute approximate surface area is 119 Å². The summed E-state index contributed by atoms with van der Waals surface area (Å²) in [6.45, 7) is 0.535. The Morgan fingerprint density at radius 3 is 2.70 bits per heavy atom. The molecule has 106 valence electrons. The minimum atomic E-state index is -3.46. The summed E-state index contributed by atoms with van der Waals surface area (Å²) in [7, 11) is -3.46. The van der Waals surface area contributed by atoms with Crippen molar-refractivity contribution in [1.29, 1.82) is 0 Å². The number of fused-ring (bicyclic) bond motifs is 1. The zero-order chi connectivity index (χ0) is 14.2. The van der Waals surface area contributed by atoms with Gasteiger partial charge in [0.15, 0.2) is 0 Å². The smallest absolute Gasteiger partial charge is 0.241 e. The van der Waals surface area contributed by atoms with Gasteiger partial charge in [-0.2, -0.15) is 0 Å². The second-order valence-electron chi connectivity index (χ2n) is 5.39. The van der Waals surface area contributed by atoms with Crippen molar-refractivity contribution in [1.82, 2.24) is 4.72 Å². The van der Waals surface area contributed by atoms with Crippen molar-refractivity contribution in [3.63, 3.8) is 0 Å². The van der Waals surface area contributed by atoms with Crippen molar-refractivity contribution in [3.05, 3.63) is 36.4 Å². The lowest BCUT2D eigenvalue weighted by Crippen LogP contribution is -2.32. The van der Waals surface area contributed by atoms with Crippen LogP contribution < -0.4 is 10.5 Å². The van der Waals surface area contributed by atoms with E-state index in [2.05, 4.69) is 4.72 Å². The molecule has 0 amide bonds. The Bertz CT molecular complexity index is 737. The molecule has 0 spiro atoms. The van der Waals surface area contributed by atoms with Gasteiger partial charge in [0.1, 0.15) is 0 Å². The second-order valence-corrected chi connectivity index (χ2v) is 7.12. The molecule has 4 nitrogen and oxygen atoms in total. The van der Waals surface area contributed by atoms with Gasteiger partial charge in [0.05, 0.1) is 4.90 Å². The molecule has 0 aliphatic heterocycles. The molecule has 1 saturated carbocycles. The largest absolute Gasteiger partial charge is 0.399 e. The Morgan fingerprint density at radius 2 is 2.00 bits per heavy atom. The van der Waals surface area contributed by atoms with Gasteiger partial charge in [0.25, 0.3) is 0 Å². The molecule has 1 aliphatic carbocycles. The molecule has 1 fully saturated rings. The molecule has 0 atom stereocenters. The van der Waals surface area contributed by atoms with Gasteiger partial charge in [-0.05, 0) is 42.3 Å². The quantitative estimate of drug-likeness (QED) is 0.850. The van der Waals surface area contributed by atoms with Crippen LogP contribution in [0.3, 0.4) is 0 Å². The lowest BCUT2D eigenvalue weighted by atomic mass is 9.86. The summed E-state index contributed by atoms with van der Waals surface area (Å²) < 4.78 is 27.6. The van der Waals surface area contributed by atoms with E-state index >= 15 is 0 Å². The Balaban J connectivity index is 1.95. The number of hydrogen-bond acceptors (Lipinski definition) is 3. The molecule has 0 aromatic heterocycles. The molecule has 0 radical (unpaired) electrons. The predicted octanol–water partition coefficient (Wildman–Crippen LogP) is 2.50. The molecule has 3 rings (SSSR count). The monoisotopic (exact) mass is 290 g/mol. The molecule has 0 saturated heterocycles. The van der Waals surface area contributed by atoms with Gasteiger partial charge in [0, 0.05) is 17.6 Å². The van der Waals surface area contributed by atoms with Crippen LogP contribution in [0.4, 0.5) is 5.69 Å². The fourth-order valence-electron chi connectivity index (χ4n) is 2.51. The average molecular weight is 290 g/mol. The summed E-state index contributed by atoms with van der Waals surface area (Å²) >= 11 is 0. The lowest BCUT2D eigenvalue weighted by Gasteiger charge is -2.25. The highest BCUT2D eigenvalue weighted by Gasteiger charge is 2.22. The SMILES string of the molecule is Nc1ccc2c(S(=O)(=O)NCC3CCC3)cccc2c1. The zero-order valence-corrected chi connectivity index (χ0v) is 12.0. The van der Waals surface area contributed by atoms with Crippen LogP contribution in [0, 0.1) is 5.92 Å². The number of sulfonamides is 1. The molecule has 5 heteroatoms. The van der Waals surface area contributed by atoms with Gasteiger partial charge in [-0.25, -0.2) is 13.1 Å². The maximum Gasteiger partial charge on any atom is 0.241 e. The first-order chi connectivity index (χ1) is 9.56. The van der Waals surface area contributed by atoms with E-state index in [1.165, 1.54) is 6.42 Å². The molecule has 3 N–H and O–H groups in total. The molecule has 20 heavy (non-hydrogen) atoms. The number of hydrogen-bond donors (Lipinski definition) is 2. The molecule has 1 aliphatic rings. The van der Waals surface area contributed by atoms with E-state index in [-0.39, 0.29) is 0 Å². The number of benzene rings is 2. The van der Waals surface area contributed by atoms with Crippen molar-refractivity contribution in [2.45, 2.75) is 24.2 Å². The molecular weight excluding hydrogens is 272 g/mol. The van der Waals surface area contributed by atoms with Crippen LogP contribution in [0.25, 0.3) is 10.8 Å². The van der Waals surface area contributed by atoms with Gasteiger partial charge in [-0.1, -0.05) is 24.6 Å².